The molecule has 2 aliphatic rings. The standard InChI is InChI=1S/C12H20N4O/c1-8-12(15-17-14-8)7-16-5-9-3-2-4-11(13)10(9)6-16/h9-11H,2-7,13H2,1H3. The van der Waals surface area contributed by atoms with E-state index in [1.807, 2.05) is 6.92 Å². The second kappa shape index (κ2) is 4.38. The highest BCUT2D eigenvalue weighted by Gasteiger charge is 2.38. The number of aryl methyl sites for hydroxylation is 1. The molecule has 5 heteroatoms. The van der Waals surface area contributed by atoms with E-state index in [1.165, 1.54) is 19.3 Å². The first-order valence-electron chi connectivity index (χ1n) is 6.50. The normalized spacial score (nSPS) is 33.9. The molecule has 1 saturated heterocycles. The Morgan fingerprint density at radius 3 is 2.94 bits per heavy atom. The maximum absolute atomic E-state index is 6.21. The third-order valence-electron chi connectivity index (χ3n) is 4.35. The van der Waals surface area contributed by atoms with E-state index in [9.17, 15) is 0 Å². The largest absolute Gasteiger partial charge is 0.327 e. The predicted molar refractivity (Wildman–Crippen MR) is 63.1 cm³/mol. The van der Waals surface area contributed by atoms with E-state index in [-0.39, 0.29) is 0 Å². The Balaban J connectivity index is 1.65. The van der Waals surface area contributed by atoms with E-state index in [2.05, 4.69) is 15.2 Å². The van der Waals surface area contributed by atoms with Crippen molar-refractivity contribution in [3.8, 4) is 0 Å². The van der Waals surface area contributed by atoms with Crippen molar-refractivity contribution in [2.24, 2.45) is 17.6 Å². The molecule has 3 unspecified atom stereocenters. The van der Waals surface area contributed by atoms with Crippen molar-refractivity contribution in [1.82, 2.24) is 15.2 Å². The fourth-order valence-electron chi connectivity index (χ4n) is 3.34. The molecular formula is C12H20N4O. The number of hydrogen-bond donors (Lipinski definition) is 1. The molecule has 3 rings (SSSR count). The Bertz CT molecular complexity index is 392. The van der Waals surface area contributed by atoms with E-state index < -0.39 is 0 Å². The van der Waals surface area contributed by atoms with Crippen molar-refractivity contribution in [3.63, 3.8) is 0 Å². The van der Waals surface area contributed by atoms with Crippen molar-refractivity contribution in [3.05, 3.63) is 11.4 Å². The Morgan fingerprint density at radius 1 is 1.35 bits per heavy atom. The Kier molecular flexibility index (Phi) is 2.88. The summed E-state index contributed by atoms with van der Waals surface area (Å²) in [5.74, 6) is 1.47. The fraction of sp³-hybridized carbons (Fsp3) is 0.833. The third kappa shape index (κ3) is 2.09. The minimum Gasteiger partial charge on any atom is -0.327 e. The number of aromatic nitrogens is 2. The van der Waals surface area contributed by atoms with Crippen LogP contribution < -0.4 is 5.73 Å². The molecule has 1 aliphatic carbocycles. The SMILES string of the molecule is Cc1nonc1CN1CC2CCCC(N)C2C1. The molecule has 5 nitrogen and oxygen atoms in total. The van der Waals surface area contributed by atoms with Gasteiger partial charge in [0.25, 0.3) is 0 Å². The van der Waals surface area contributed by atoms with Gasteiger partial charge in [-0.2, -0.15) is 0 Å². The van der Waals surface area contributed by atoms with Gasteiger partial charge < -0.3 is 5.73 Å². The zero-order chi connectivity index (χ0) is 11.8. The summed E-state index contributed by atoms with van der Waals surface area (Å²) in [4.78, 5) is 2.45. The number of nitrogens with zero attached hydrogens (tertiary/aromatic N) is 3. The molecule has 0 bridgehead atoms. The second-order valence-electron chi connectivity index (χ2n) is 5.51. The van der Waals surface area contributed by atoms with Crippen LogP contribution >= 0.6 is 0 Å². The number of hydrogen-bond acceptors (Lipinski definition) is 5. The Labute approximate surface area is 101 Å². The molecule has 0 radical (unpaired) electrons. The van der Waals surface area contributed by atoms with Gasteiger partial charge in [-0.1, -0.05) is 16.7 Å². The van der Waals surface area contributed by atoms with Gasteiger partial charge >= 0.3 is 0 Å². The van der Waals surface area contributed by atoms with E-state index in [0.29, 0.717) is 12.0 Å². The molecule has 0 aromatic carbocycles. The van der Waals surface area contributed by atoms with Crippen molar-refractivity contribution in [2.45, 2.75) is 38.8 Å². The molecule has 17 heavy (non-hydrogen) atoms. The van der Waals surface area contributed by atoms with Crippen LogP contribution in [0.2, 0.25) is 0 Å². The van der Waals surface area contributed by atoms with Gasteiger partial charge in [-0.05, 0) is 31.6 Å². The van der Waals surface area contributed by atoms with E-state index in [4.69, 9.17) is 10.4 Å². The van der Waals surface area contributed by atoms with Crippen LogP contribution in [0.1, 0.15) is 30.7 Å². The molecule has 1 aliphatic heterocycles. The number of rotatable bonds is 2. The zero-order valence-corrected chi connectivity index (χ0v) is 10.3. The van der Waals surface area contributed by atoms with Gasteiger partial charge in [-0.15, -0.1) is 0 Å². The zero-order valence-electron chi connectivity index (χ0n) is 10.3. The first kappa shape index (κ1) is 11.2. The molecule has 94 valence electrons. The molecule has 0 amide bonds. The lowest BCUT2D eigenvalue weighted by Gasteiger charge is -2.29. The van der Waals surface area contributed by atoms with Crippen molar-refractivity contribution in [2.75, 3.05) is 13.1 Å². The highest BCUT2D eigenvalue weighted by molar-refractivity contribution is 5.05. The summed E-state index contributed by atoms with van der Waals surface area (Å²) < 4.78 is 4.74. The lowest BCUT2D eigenvalue weighted by molar-refractivity contribution is 0.258. The lowest BCUT2D eigenvalue weighted by Crippen LogP contribution is -2.38. The summed E-state index contributed by atoms with van der Waals surface area (Å²) in [6.45, 7) is 5.07. The molecule has 2 N–H and O–H groups in total. The first-order chi connectivity index (χ1) is 8.24. The minimum absolute atomic E-state index is 0.398. The highest BCUT2D eigenvalue weighted by atomic mass is 16.6. The van der Waals surface area contributed by atoms with Gasteiger partial charge in [0.05, 0.1) is 0 Å². The van der Waals surface area contributed by atoms with Crippen LogP contribution in [0.15, 0.2) is 4.63 Å². The smallest absolute Gasteiger partial charge is 0.122 e. The first-order valence-corrected chi connectivity index (χ1v) is 6.50. The monoisotopic (exact) mass is 236 g/mol. The Morgan fingerprint density at radius 2 is 2.24 bits per heavy atom. The van der Waals surface area contributed by atoms with Crippen LogP contribution in [0.4, 0.5) is 0 Å². The van der Waals surface area contributed by atoms with Gasteiger partial charge in [0, 0.05) is 25.7 Å². The summed E-state index contributed by atoms with van der Waals surface area (Å²) >= 11 is 0. The van der Waals surface area contributed by atoms with E-state index in [0.717, 1.165) is 36.9 Å². The van der Waals surface area contributed by atoms with Crippen molar-refractivity contribution < 1.29 is 4.63 Å². The lowest BCUT2D eigenvalue weighted by atomic mass is 9.78. The van der Waals surface area contributed by atoms with Gasteiger partial charge in [-0.3, -0.25) is 4.90 Å². The number of likely N-dealkylation sites (tertiary alicyclic amines) is 1. The van der Waals surface area contributed by atoms with Crippen LogP contribution in [-0.2, 0) is 6.54 Å². The highest BCUT2D eigenvalue weighted by Crippen LogP contribution is 2.35. The average Bonchev–Trinajstić information content (AvgIpc) is 2.87. The topological polar surface area (TPSA) is 68.2 Å². The molecule has 0 spiro atoms. The number of nitrogens with two attached hydrogens (primary N) is 1. The van der Waals surface area contributed by atoms with Crippen LogP contribution in [0.3, 0.4) is 0 Å². The summed E-state index contributed by atoms with van der Waals surface area (Å²) in [6, 6.07) is 0.398. The molecule has 1 aromatic rings. The third-order valence-corrected chi connectivity index (χ3v) is 4.35. The van der Waals surface area contributed by atoms with Gasteiger partial charge in [-0.25, -0.2) is 4.63 Å². The molecular weight excluding hydrogens is 216 g/mol. The van der Waals surface area contributed by atoms with Crippen LogP contribution in [-0.4, -0.2) is 34.3 Å². The minimum atomic E-state index is 0.398. The maximum atomic E-state index is 6.21. The fourth-order valence-corrected chi connectivity index (χ4v) is 3.34. The summed E-state index contributed by atoms with van der Waals surface area (Å²) in [7, 11) is 0. The van der Waals surface area contributed by atoms with Gasteiger partial charge in [0.15, 0.2) is 0 Å². The summed E-state index contributed by atoms with van der Waals surface area (Å²) in [6.07, 6.45) is 3.82. The van der Waals surface area contributed by atoms with E-state index >= 15 is 0 Å². The van der Waals surface area contributed by atoms with Gasteiger partial charge in [0.1, 0.15) is 11.4 Å². The molecule has 1 aromatic heterocycles. The van der Waals surface area contributed by atoms with Crippen molar-refractivity contribution >= 4 is 0 Å². The molecule has 1 saturated carbocycles. The van der Waals surface area contributed by atoms with Crippen LogP contribution in [0.25, 0.3) is 0 Å². The number of fused-ring (bicyclic) bond motifs is 1. The molecule has 3 atom stereocenters. The van der Waals surface area contributed by atoms with Crippen LogP contribution in [0.5, 0.6) is 0 Å². The van der Waals surface area contributed by atoms with Crippen molar-refractivity contribution in [1.29, 1.82) is 0 Å². The quantitative estimate of drug-likeness (QED) is 0.827. The summed E-state index contributed by atoms with van der Waals surface area (Å²) in [5.41, 5.74) is 8.09. The van der Waals surface area contributed by atoms with Gasteiger partial charge in [0.2, 0.25) is 0 Å². The maximum Gasteiger partial charge on any atom is 0.122 e. The summed E-state index contributed by atoms with van der Waals surface area (Å²) in [5, 5.41) is 7.78. The molecule has 2 heterocycles. The Hall–Kier alpha value is -0.940. The predicted octanol–water partition coefficient (Wildman–Crippen LogP) is 0.937. The van der Waals surface area contributed by atoms with Crippen LogP contribution in [0, 0.1) is 18.8 Å². The van der Waals surface area contributed by atoms with E-state index in [1.54, 1.807) is 0 Å². The molecule has 2 fully saturated rings. The average molecular weight is 236 g/mol. The second-order valence-corrected chi connectivity index (χ2v) is 5.51.